The van der Waals surface area contributed by atoms with E-state index in [-0.39, 0.29) is 0 Å². The lowest BCUT2D eigenvalue weighted by molar-refractivity contribution is 0.552. The minimum absolute atomic E-state index is 0.490. The molecule has 1 aromatic heterocycles. The molecule has 0 unspecified atom stereocenters. The first-order valence-corrected chi connectivity index (χ1v) is 7.28. The number of para-hydroxylation sites is 1. The second-order valence-corrected chi connectivity index (χ2v) is 7.40. The molecule has 0 aliphatic rings. The number of hydrogen-bond acceptors (Lipinski definition) is 3. The molecular formula is C12H16N2O2S. The topological polar surface area (TPSA) is 62.8 Å². The summed E-state index contributed by atoms with van der Waals surface area (Å²) >= 11 is 0. The number of aryl methyl sites for hydroxylation is 1. The van der Waals surface area contributed by atoms with E-state index >= 15 is 0 Å². The molecule has 2 aromatic rings. The summed E-state index contributed by atoms with van der Waals surface area (Å²) < 4.78 is 22.5. The number of fused-ring (bicyclic) bond motifs is 1. The van der Waals surface area contributed by atoms with Crippen molar-refractivity contribution in [3.8, 4) is 0 Å². The van der Waals surface area contributed by atoms with Crippen molar-refractivity contribution in [2.45, 2.75) is 25.5 Å². The Morgan fingerprint density at radius 3 is 2.47 bits per heavy atom. The van der Waals surface area contributed by atoms with Crippen LogP contribution in [0.1, 0.15) is 25.2 Å². The van der Waals surface area contributed by atoms with Crippen molar-refractivity contribution in [2.24, 2.45) is 0 Å². The van der Waals surface area contributed by atoms with Gasteiger partial charge in [-0.05, 0) is 32.4 Å². The summed E-state index contributed by atoms with van der Waals surface area (Å²) in [5.41, 5.74) is 2.74. The van der Waals surface area contributed by atoms with Gasteiger partial charge in [0, 0.05) is 6.26 Å². The summed E-state index contributed by atoms with van der Waals surface area (Å²) in [5.74, 6) is 0.490. The van der Waals surface area contributed by atoms with E-state index in [0.29, 0.717) is 5.82 Å². The molecule has 0 atom stereocenters. The van der Waals surface area contributed by atoms with E-state index < -0.39 is 14.6 Å². The third-order valence-corrected chi connectivity index (χ3v) is 5.26. The lowest BCUT2D eigenvalue weighted by Crippen LogP contribution is -2.29. The van der Waals surface area contributed by atoms with Crippen molar-refractivity contribution in [2.75, 3.05) is 6.26 Å². The van der Waals surface area contributed by atoms with Crippen molar-refractivity contribution >= 4 is 20.9 Å². The first-order valence-electron chi connectivity index (χ1n) is 5.39. The van der Waals surface area contributed by atoms with Crippen LogP contribution in [0.15, 0.2) is 18.2 Å². The number of hydrogen-bond donors (Lipinski definition) is 1. The molecule has 0 saturated carbocycles. The Morgan fingerprint density at radius 1 is 1.29 bits per heavy atom. The molecule has 1 heterocycles. The summed E-state index contributed by atoms with van der Waals surface area (Å²) in [4.78, 5) is 7.51. The van der Waals surface area contributed by atoms with Crippen molar-refractivity contribution in [3.63, 3.8) is 0 Å². The van der Waals surface area contributed by atoms with Gasteiger partial charge < -0.3 is 4.98 Å². The Balaban J connectivity index is 2.70. The number of sulfone groups is 1. The van der Waals surface area contributed by atoms with Gasteiger partial charge in [0.2, 0.25) is 0 Å². The predicted octanol–water partition coefficient (Wildman–Crippen LogP) is 2.15. The third-order valence-electron chi connectivity index (χ3n) is 3.21. The molecule has 0 aliphatic carbocycles. The van der Waals surface area contributed by atoms with Crippen LogP contribution in [0.25, 0.3) is 11.0 Å². The summed E-state index contributed by atoms with van der Waals surface area (Å²) in [6.07, 6.45) is 1.23. The summed E-state index contributed by atoms with van der Waals surface area (Å²) in [5, 5.41) is 0. The van der Waals surface area contributed by atoms with Gasteiger partial charge >= 0.3 is 0 Å². The highest BCUT2D eigenvalue weighted by Gasteiger charge is 2.35. The van der Waals surface area contributed by atoms with Gasteiger partial charge in [-0.25, -0.2) is 13.4 Å². The minimum atomic E-state index is -3.21. The molecule has 0 aliphatic heterocycles. The van der Waals surface area contributed by atoms with Gasteiger partial charge in [-0.1, -0.05) is 12.1 Å². The molecule has 5 heteroatoms. The Kier molecular flexibility index (Phi) is 2.54. The molecule has 0 spiro atoms. The van der Waals surface area contributed by atoms with Gasteiger partial charge in [-0.15, -0.1) is 0 Å². The zero-order valence-electron chi connectivity index (χ0n) is 10.4. The number of benzene rings is 1. The molecule has 4 nitrogen and oxygen atoms in total. The van der Waals surface area contributed by atoms with Gasteiger partial charge in [0.1, 0.15) is 10.6 Å². The van der Waals surface area contributed by atoms with Crippen molar-refractivity contribution in [1.29, 1.82) is 0 Å². The first kappa shape index (κ1) is 12.1. The fraction of sp³-hybridized carbons (Fsp3) is 0.417. The first-order chi connectivity index (χ1) is 7.73. The number of imidazole rings is 1. The average molecular weight is 252 g/mol. The van der Waals surface area contributed by atoms with Crippen LogP contribution >= 0.6 is 0 Å². The van der Waals surface area contributed by atoms with E-state index in [9.17, 15) is 8.42 Å². The Hall–Kier alpha value is -1.36. The number of H-pyrrole nitrogens is 1. The summed E-state index contributed by atoms with van der Waals surface area (Å²) in [7, 11) is -3.21. The lowest BCUT2D eigenvalue weighted by atomic mass is 10.2. The number of aromatic amines is 1. The molecule has 17 heavy (non-hydrogen) atoms. The zero-order chi connectivity index (χ0) is 12.8. The lowest BCUT2D eigenvalue weighted by Gasteiger charge is -2.19. The van der Waals surface area contributed by atoms with Gasteiger partial charge in [-0.2, -0.15) is 0 Å². The highest BCUT2D eigenvalue weighted by atomic mass is 32.2. The van der Waals surface area contributed by atoms with Gasteiger partial charge in [0.15, 0.2) is 9.84 Å². The van der Waals surface area contributed by atoms with E-state index in [1.807, 2.05) is 25.1 Å². The van der Waals surface area contributed by atoms with E-state index in [1.54, 1.807) is 13.8 Å². The fourth-order valence-corrected chi connectivity index (χ4v) is 2.08. The second kappa shape index (κ2) is 3.57. The van der Waals surface area contributed by atoms with E-state index in [1.165, 1.54) is 6.26 Å². The average Bonchev–Trinajstić information content (AvgIpc) is 2.61. The maximum atomic E-state index is 11.8. The standard InChI is InChI=1S/C12H16N2O2S/c1-8-6-5-7-9-10(8)14-11(13-9)12(2,3)17(4,15)16/h5-7H,1-4H3,(H,13,14). The van der Waals surface area contributed by atoms with E-state index in [4.69, 9.17) is 0 Å². The molecule has 0 saturated heterocycles. The zero-order valence-corrected chi connectivity index (χ0v) is 11.2. The Labute approximate surface area is 101 Å². The number of nitrogens with zero attached hydrogens (tertiary/aromatic N) is 1. The van der Waals surface area contributed by atoms with Crippen molar-refractivity contribution in [1.82, 2.24) is 9.97 Å². The van der Waals surface area contributed by atoms with Crippen LogP contribution in [0.5, 0.6) is 0 Å². The van der Waals surface area contributed by atoms with Crippen LogP contribution in [0, 0.1) is 6.92 Å². The van der Waals surface area contributed by atoms with Gasteiger partial charge in [0.05, 0.1) is 11.0 Å². The maximum Gasteiger partial charge on any atom is 0.159 e. The molecule has 2 rings (SSSR count). The van der Waals surface area contributed by atoms with Crippen LogP contribution in [-0.2, 0) is 14.6 Å². The van der Waals surface area contributed by atoms with Crippen LogP contribution < -0.4 is 0 Å². The van der Waals surface area contributed by atoms with Crippen LogP contribution in [0.3, 0.4) is 0 Å². The molecule has 0 fully saturated rings. The van der Waals surface area contributed by atoms with Crippen molar-refractivity contribution < 1.29 is 8.42 Å². The molecule has 0 amide bonds. The number of aromatic nitrogens is 2. The normalized spacial score (nSPS) is 13.2. The molecule has 1 aromatic carbocycles. The summed E-state index contributed by atoms with van der Waals surface area (Å²) in [6, 6.07) is 5.78. The predicted molar refractivity (Wildman–Crippen MR) is 68.7 cm³/mol. The maximum absolute atomic E-state index is 11.8. The highest BCUT2D eigenvalue weighted by Crippen LogP contribution is 2.29. The van der Waals surface area contributed by atoms with E-state index in [0.717, 1.165) is 16.6 Å². The third kappa shape index (κ3) is 1.84. The van der Waals surface area contributed by atoms with Crippen LogP contribution in [0.4, 0.5) is 0 Å². The minimum Gasteiger partial charge on any atom is -0.341 e. The molecule has 0 radical (unpaired) electrons. The molecule has 92 valence electrons. The number of nitrogens with one attached hydrogen (secondary N) is 1. The Bertz CT molecular complexity index is 669. The van der Waals surface area contributed by atoms with Gasteiger partial charge in [-0.3, -0.25) is 0 Å². The molecular weight excluding hydrogens is 236 g/mol. The smallest absolute Gasteiger partial charge is 0.159 e. The summed E-state index contributed by atoms with van der Waals surface area (Å²) in [6.45, 7) is 5.28. The van der Waals surface area contributed by atoms with E-state index in [2.05, 4.69) is 9.97 Å². The van der Waals surface area contributed by atoms with Crippen LogP contribution in [0.2, 0.25) is 0 Å². The largest absolute Gasteiger partial charge is 0.341 e. The highest BCUT2D eigenvalue weighted by molar-refractivity contribution is 7.91. The molecule has 0 bridgehead atoms. The SMILES string of the molecule is Cc1cccc2[nH]c(C(C)(C)S(C)(=O)=O)nc12. The van der Waals surface area contributed by atoms with Gasteiger partial charge in [0.25, 0.3) is 0 Å². The van der Waals surface area contributed by atoms with Crippen molar-refractivity contribution in [3.05, 3.63) is 29.6 Å². The fourth-order valence-electron chi connectivity index (χ4n) is 1.64. The second-order valence-electron chi connectivity index (χ2n) is 4.84. The Morgan fingerprint density at radius 2 is 1.94 bits per heavy atom. The quantitative estimate of drug-likeness (QED) is 0.890. The van der Waals surface area contributed by atoms with Crippen LogP contribution in [-0.4, -0.2) is 24.6 Å². The number of rotatable bonds is 2. The molecule has 1 N–H and O–H groups in total. The monoisotopic (exact) mass is 252 g/mol.